The predicted octanol–water partition coefficient (Wildman–Crippen LogP) is 1.42. The fourth-order valence-corrected chi connectivity index (χ4v) is 1.60. The van der Waals surface area contributed by atoms with E-state index in [1.807, 2.05) is 0 Å². The summed E-state index contributed by atoms with van der Waals surface area (Å²) < 4.78 is -0.329. The molecule has 4 heteroatoms. The molecule has 0 spiro atoms. The maximum Gasteiger partial charge on any atom is 0.213 e. The largest absolute Gasteiger partial charge is 0.359 e. The third-order valence-corrected chi connectivity index (χ3v) is 1.78. The number of nitrogens with one attached hydrogen (secondary N) is 1. The first-order valence-corrected chi connectivity index (χ1v) is 3.93. The van der Waals surface area contributed by atoms with Crippen molar-refractivity contribution in [3.8, 4) is 0 Å². The third-order valence-electron chi connectivity index (χ3n) is 0.854. The lowest BCUT2D eigenvalue weighted by atomic mass is 10.4. The summed E-state index contributed by atoms with van der Waals surface area (Å²) in [6.45, 7) is 0. The SMILES string of the molecule is OC1(Br)C=CC=C(Br)N1. The number of aliphatic hydroxyl groups is 1. The molecule has 1 unspecified atom stereocenters. The van der Waals surface area contributed by atoms with Gasteiger partial charge < -0.3 is 10.4 Å². The summed E-state index contributed by atoms with van der Waals surface area (Å²) in [4.78, 5) is 0. The Morgan fingerprint density at radius 3 is 2.67 bits per heavy atom. The molecule has 0 aromatic heterocycles. The molecule has 0 radical (unpaired) electrons. The molecule has 0 bridgehead atoms. The van der Waals surface area contributed by atoms with E-state index in [1.54, 1.807) is 18.2 Å². The Morgan fingerprint density at radius 2 is 2.33 bits per heavy atom. The summed E-state index contributed by atoms with van der Waals surface area (Å²) in [6, 6.07) is 0. The molecule has 50 valence electrons. The number of allylic oxidation sites excluding steroid dienone is 2. The summed E-state index contributed by atoms with van der Waals surface area (Å²) in [5, 5.41) is 11.9. The second kappa shape index (κ2) is 2.44. The Kier molecular flexibility index (Phi) is 1.98. The zero-order valence-electron chi connectivity index (χ0n) is 4.44. The van der Waals surface area contributed by atoms with Crippen LogP contribution in [0.2, 0.25) is 0 Å². The number of rotatable bonds is 0. The second-order valence-corrected chi connectivity index (χ2v) is 3.74. The summed E-state index contributed by atoms with van der Waals surface area (Å²) in [5.41, 5.74) is 0. The zero-order valence-corrected chi connectivity index (χ0v) is 7.61. The zero-order chi connectivity index (χ0) is 6.91. The minimum atomic E-state index is -1.08. The van der Waals surface area contributed by atoms with E-state index in [0.717, 1.165) is 4.61 Å². The normalized spacial score (nSPS) is 33.4. The molecule has 0 aromatic carbocycles. The minimum Gasteiger partial charge on any atom is -0.359 e. The van der Waals surface area contributed by atoms with Crippen LogP contribution >= 0.6 is 31.9 Å². The standard InChI is InChI=1S/C5H5Br2NO/c6-4-2-1-3-5(7,9)8-4/h1-3,8-9H. The molecule has 1 rings (SSSR count). The minimum absolute atomic E-state index is 0.754. The van der Waals surface area contributed by atoms with Crippen LogP contribution in [0.5, 0.6) is 0 Å². The van der Waals surface area contributed by atoms with E-state index in [1.165, 1.54) is 0 Å². The first kappa shape index (κ1) is 7.31. The third kappa shape index (κ3) is 2.12. The molecular weight excluding hydrogens is 250 g/mol. The van der Waals surface area contributed by atoms with E-state index in [0.29, 0.717) is 0 Å². The van der Waals surface area contributed by atoms with Gasteiger partial charge in [0.15, 0.2) is 0 Å². The molecular formula is C5H5Br2NO. The van der Waals surface area contributed by atoms with Gasteiger partial charge in [-0.3, -0.25) is 0 Å². The quantitative estimate of drug-likeness (QED) is 0.506. The molecule has 1 aliphatic rings. The average molecular weight is 255 g/mol. The van der Waals surface area contributed by atoms with Crippen molar-refractivity contribution in [1.29, 1.82) is 0 Å². The summed E-state index contributed by atoms with van der Waals surface area (Å²) in [6.07, 6.45) is 5.14. The van der Waals surface area contributed by atoms with Gasteiger partial charge in [0.05, 0.1) is 4.61 Å². The highest BCUT2D eigenvalue weighted by atomic mass is 79.9. The number of alkyl halides is 1. The molecule has 1 aliphatic heterocycles. The number of hydrogen-bond donors (Lipinski definition) is 2. The van der Waals surface area contributed by atoms with E-state index in [9.17, 15) is 5.11 Å². The van der Waals surface area contributed by atoms with Crippen molar-refractivity contribution in [2.75, 3.05) is 0 Å². The molecule has 0 saturated heterocycles. The molecule has 0 saturated carbocycles. The van der Waals surface area contributed by atoms with Gasteiger partial charge >= 0.3 is 0 Å². The molecule has 1 heterocycles. The van der Waals surface area contributed by atoms with Crippen LogP contribution in [0.1, 0.15) is 0 Å². The van der Waals surface area contributed by atoms with E-state index in [-0.39, 0.29) is 0 Å². The van der Waals surface area contributed by atoms with Gasteiger partial charge in [-0.15, -0.1) is 0 Å². The molecule has 2 nitrogen and oxygen atoms in total. The molecule has 0 aromatic rings. The monoisotopic (exact) mass is 253 g/mol. The topological polar surface area (TPSA) is 32.3 Å². The predicted molar refractivity (Wildman–Crippen MR) is 43.2 cm³/mol. The lowest BCUT2D eigenvalue weighted by Gasteiger charge is -2.21. The summed E-state index contributed by atoms with van der Waals surface area (Å²) >= 11 is 6.19. The van der Waals surface area contributed by atoms with E-state index in [4.69, 9.17) is 0 Å². The smallest absolute Gasteiger partial charge is 0.213 e. The molecule has 0 aliphatic carbocycles. The first-order valence-electron chi connectivity index (χ1n) is 2.35. The van der Waals surface area contributed by atoms with E-state index in [2.05, 4.69) is 37.2 Å². The second-order valence-electron chi connectivity index (χ2n) is 1.67. The highest BCUT2D eigenvalue weighted by Gasteiger charge is 2.19. The Bertz CT molecular complexity index is 174. The van der Waals surface area contributed by atoms with Crippen LogP contribution in [0, 0.1) is 0 Å². The van der Waals surface area contributed by atoms with E-state index < -0.39 is 4.63 Å². The lowest BCUT2D eigenvalue weighted by molar-refractivity contribution is 0.171. The molecule has 9 heavy (non-hydrogen) atoms. The highest BCUT2D eigenvalue weighted by molar-refractivity contribution is 9.12. The van der Waals surface area contributed by atoms with Crippen molar-refractivity contribution >= 4 is 31.9 Å². The Balaban J connectivity index is 2.73. The highest BCUT2D eigenvalue weighted by Crippen LogP contribution is 2.19. The van der Waals surface area contributed by atoms with Gasteiger partial charge in [0, 0.05) is 0 Å². The van der Waals surface area contributed by atoms with Crippen molar-refractivity contribution in [1.82, 2.24) is 5.32 Å². The number of hydrogen-bond acceptors (Lipinski definition) is 2. The van der Waals surface area contributed by atoms with Gasteiger partial charge in [0.1, 0.15) is 0 Å². The van der Waals surface area contributed by atoms with Crippen LogP contribution in [-0.4, -0.2) is 9.74 Å². The fourth-order valence-electron chi connectivity index (χ4n) is 0.511. The number of halogens is 2. The molecule has 2 N–H and O–H groups in total. The summed E-state index contributed by atoms with van der Waals surface area (Å²) in [7, 11) is 0. The van der Waals surface area contributed by atoms with Crippen LogP contribution < -0.4 is 5.32 Å². The van der Waals surface area contributed by atoms with Gasteiger partial charge in [-0.25, -0.2) is 0 Å². The van der Waals surface area contributed by atoms with Crippen LogP contribution in [-0.2, 0) is 0 Å². The molecule has 0 amide bonds. The van der Waals surface area contributed by atoms with Crippen molar-refractivity contribution in [3.63, 3.8) is 0 Å². The fraction of sp³-hybridized carbons (Fsp3) is 0.200. The van der Waals surface area contributed by atoms with Crippen LogP contribution in [0.4, 0.5) is 0 Å². The van der Waals surface area contributed by atoms with Crippen LogP contribution in [0.3, 0.4) is 0 Å². The van der Waals surface area contributed by atoms with Gasteiger partial charge in [0.2, 0.25) is 4.63 Å². The van der Waals surface area contributed by atoms with Crippen molar-refractivity contribution < 1.29 is 5.11 Å². The molecule has 0 fully saturated rings. The Morgan fingerprint density at radius 1 is 1.67 bits per heavy atom. The average Bonchev–Trinajstić information content (AvgIpc) is 1.60. The first-order chi connectivity index (χ1) is 4.10. The Labute approximate surface area is 69.9 Å². The van der Waals surface area contributed by atoms with Gasteiger partial charge in [-0.05, 0) is 44.0 Å². The maximum atomic E-state index is 9.19. The van der Waals surface area contributed by atoms with E-state index >= 15 is 0 Å². The van der Waals surface area contributed by atoms with Crippen molar-refractivity contribution in [2.45, 2.75) is 4.63 Å². The van der Waals surface area contributed by atoms with Crippen LogP contribution in [0.15, 0.2) is 22.8 Å². The van der Waals surface area contributed by atoms with Gasteiger partial charge in [0.25, 0.3) is 0 Å². The van der Waals surface area contributed by atoms with Crippen molar-refractivity contribution in [3.05, 3.63) is 22.8 Å². The number of dihydropyridines is 1. The molecule has 1 atom stereocenters. The van der Waals surface area contributed by atoms with Gasteiger partial charge in [-0.1, -0.05) is 6.08 Å². The van der Waals surface area contributed by atoms with Gasteiger partial charge in [-0.2, -0.15) is 0 Å². The Hall–Kier alpha value is 0.200. The van der Waals surface area contributed by atoms with Crippen molar-refractivity contribution in [2.24, 2.45) is 0 Å². The lowest BCUT2D eigenvalue weighted by Crippen LogP contribution is -2.36. The van der Waals surface area contributed by atoms with Crippen LogP contribution in [0.25, 0.3) is 0 Å². The summed E-state index contributed by atoms with van der Waals surface area (Å²) in [5.74, 6) is 0. The maximum absolute atomic E-state index is 9.19.